The molecule has 2 fully saturated rings. The maximum atomic E-state index is 13.1. The molecule has 0 spiro atoms. The zero-order valence-electron chi connectivity index (χ0n) is 18.3. The lowest BCUT2D eigenvalue weighted by Gasteiger charge is -2.42. The zero-order chi connectivity index (χ0) is 23.0. The molecule has 1 aliphatic carbocycles. The number of H-pyrrole nitrogens is 1. The van der Waals surface area contributed by atoms with Crippen LogP contribution in [-0.2, 0) is 4.79 Å². The van der Waals surface area contributed by atoms with Gasteiger partial charge in [-0.2, -0.15) is 0 Å². The standard InChI is InChI=1S/C22H28F2N6O2/c1-4-18(31)30-6-5-29(12-15(30)7-13(2)3)17-11-26-20-19(28-17)16(10-25-20)21(32)27-14-8-22(23,24)9-14/h4,10-11,13-15H,1,5-9,12H2,2-3H3,(H,25,26)(H,27,32)/t15-/m0/s1. The van der Waals surface area contributed by atoms with Crippen LogP contribution in [0, 0.1) is 5.92 Å². The molecule has 0 radical (unpaired) electrons. The van der Waals surface area contributed by atoms with Gasteiger partial charge >= 0.3 is 0 Å². The van der Waals surface area contributed by atoms with Gasteiger partial charge in [0.1, 0.15) is 11.3 Å². The third kappa shape index (κ3) is 4.44. The Morgan fingerprint density at radius 3 is 2.78 bits per heavy atom. The topological polar surface area (TPSA) is 94.2 Å². The largest absolute Gasteiger partial charge is 0.351 e. The smallest absolute Gasteiger partial charge is 0.255 e. The summed E-state index contributed by atoms with van der Waals surface area (Å²) >= 11 is 0. The summed E-state index contributed by atoms with van der Waals surface area (Å²) in [6.07, 6.45) is 4.65. The molecule has 2 aromatic heterocycles. The van der Waals surface area contributed by atoms with Crippen molar-refractivity contribution in [3.8, 4) is 0 Å². The maximum absolute atomic E-state index is 13.1. The van der Waals surface area contributed by atoms with E-state index in [9.17, 15) is 18.4 Å². The highest BCUT2D eigenvalue weighted by molar-refractivity contribution is 6.04. The fourth-order valence-corrected chi connectivity index (χ4v) is 4.45. The monoisotopic (exact) mass is 446 g/mol. The average molecular weight is 447 g/mol. The van der Waals surface area contributed by atoms with Crippen molar-refractivity contribution in [2.24, 2.45) is 5.92 Å². The molecule has 2 N–H and O–H groups in total. The number of halogens is 2. The minimum Gasteiger partial charge on any atom is -0.351 e. The van der Waals surface area contributed by atoms with Crippen LogP contribution < -0.4 is 10.2 Å². The van der Waals surface area contributed by atoms with Crippen molar-refractivity contribution in [3.05, 3.63) is 30.6 Å². The molecule has 0 aromatic carbocycles. The van der Waals surface area contributed by atoms with Gasteiger partial charge in [0.2, 0.25) is 5.91 Å². The van der Waals surface area contributed by atoms with E-state index >= 15 is 0 Å². The Balaban J connectivity index is 1.53. The van der Waals surface area contributed by atoms with Gasteiger partial charge in [0.15, 0.2) is 5.65 Å². The number of anilines is 1. The number of amides is 2. The molecule has 1 atom stereocenters. The second-order valence-corrected chi connectivity index (χ2v) is 9.03. The second kappa shape index (κ2) is 8.48. The molecule has 8 nitrogen and oxygen atoms in total. The lowest BCUT2D eigenvalue weighted by atomic mass is 9.88. The van der Waals surface area contributed by atoms with Crippen molar-refractivity contribution in [2.45, 2.75) is 51.1 Å². The SMILES string of the molecule is C=CC(=O)N1CCN(c2cnc3[nH]cc(C(=O)NC4CC(F)(F)C4)c3n2)C[C@@H]1CC(C)C. The molecular formula is C22H28F2N6O2. The summed E-state index contributed by atoms with van der Waals surface area (Å²) in [6.45, 7) is 9.56. The number of carbonyl (C=O) groups excluding carboxylic acids is 2. The van der Waals surface area contributed by atoms with Crippen LogP contribution in [0.25, 0.3) is 11.2 Å². The van der Waals surface area contributed by atoms with Gasteiger partial charge in [0.05, 0.1) is 11.8 Å². The Morgan fingerprint density at radius 2 is 2.12 bits per heavy atom. The Morgan fingerprint density at radius 1 is 1.38 bits per heavy atom. The molecule has 0 bridgehead atoms. The minimum atomic E-state index is -2.70. The van der Waals surface area contributed by atoms with Crippen molar-refractivity contribution in [2.75, 3.05) is 24.5 Å². The maximum Gasteiger partial charge on any atom is 0.255 e. The van der Waals surface area contributed by atoms with E-state index in [1.807, 2.05) is 4.90 Å². The second-order valence-electron chi connectivity index (χ2n) is 9.03. The highest BCUT2D eigenvalue weighted by Crippen LogP contribution is 2.37. The number of nitrogens with one attached hydrogen (secondary N) is 2. The third-order valence-electron chi connectivity index (χ3n) is 6.05. The van der Waals surface area contributed by atoms with E-state index in [2.05, 4.69) is 45.6 Å². The number of hydrogen-bond acceptors (Lipinski definition) is 5. The van der Waals surface area contributed by atoms with E-state index in [0.29, 0.717) is 42.5 Å². The summed E-state index contributed by atoms with van der Waals surface area (Å²) in [5, 5.41) is 2.65. The molecule has 2 aliphatic rings. The third-order valence-corrected chi connectivity index (χ3v) is 6.05. The number of aromatic nitrogens is 3. The average Bonchev–Trinajstić information content (AvgIpc) is 3.14. The fourth-order valence-electron chi connectivity index (χ4n) is 4.45. The molecule has 10 heteroatoms. The molecule has 4 rings (SSSR count). The number of carbonyl (C=O) groups is 2. The predicted octanol–water partition coefficient (Wildman–Crippen LogP) is 2.73. The molecular weight excluding hydrogens is 418 g/mol. The Kier molecular flexibility index (Phi) is 5.87. The molecule has 2 aromatic rings. The molecule has 1 aliphatic heterocycles. The molecule has 0 unspecified atom stereocenters. The van der Waals surface area contributed by atoms with Crippen LogP contribution >= 0.6 is 0 Å². The van der Waals surface area contributed by atoms with Crippen LogP contribution in [0.15, 0.2) is 25.0 Å². The number of fused-ring (bicyclic) bond motifs is 1. The summed E-state index contributed by atoms with van der Waals surface area (Å²) in [7, 11) is 0. The summed E-state index contributed by atoms with van der Waals surface area (Å²) < 4.78 is 26.2. The molecule has 3 heterocycles. The first-order chi connectivity index (χ1) is 15.2. The highest BCUT2D eigenvalue weighted by atomic mass is 19.3. The first kappa shape index (κ1) is 22.2. The van der Waals surface area contributed by atoms with Crippen molar-refractivity contribution >= 4 is 28.8 Å². The van der Waals surface area contributed by atoms with E-state index in [0.717, 1.165) is 6.42 Å². The normalized spacial score (nSPS) is 21.0. The van der Waals surface area contributed by atoms with Gasteiger partial charge in [0, 0.05) is 50.8 Å². The van der Waals surface area contributed by atoms with E-state index in [1.165, 1.54) is 12.3 Å². The van der Waals surface area contributed by atoms with Crippen LogP contribution in [0.1, 0.15) is 43.5 Å². The number of nitrogens with zero attached hydrogens (tertiary/aromatic N) is 4. The fraction of sp³-hybridized carbons (Fsp3) is 0.545. The highest BCUT2D eigenvalue weighted by Gasteiger charge is 2.46. The van der Waals surface area contributed by atoms with Crippen LogP contribution in [-0.4, -0.2) is 69.3 Å². The van der Waals surface area contributed by atoms with E-state index in [1.54, 1.807) is 6.20 Å². The Bertz CT molecular complexity index is 1030. The Hall–Kier alpha value is -3.04. The van der Waals surface area contributed by atoms with Gasteiger partial charge in [0.25, 0.3) is 11.8 Å². The van der Waals surface area contributed by atoms with E-state index in [4.69, 9.17) is 0 Å². The van der Waals surface area contributed by atoms with Crippen molar-refractivity contribution < 1.29 is 18.4 Å². The number of hydrogen-bond donors (Lipinski definition) is 2. The molecule has 1 saturated heterocycles. The van der Waals surface area contributed by atoms with E-state index in [-0.39, 0.29) is 30.4 Å². The van der Waals surface area contributed by atoms with Gasteiger partial charge in [-0.25, -0.2) is 18.7 Å². The first-order valence-electron chi connectivity index (χ1n) is 10.9. The number of piperazine rings is 1. The van der Waals surface area contributed by atoms with Crippen LogP contribution in [0.3, 0.4) is 0 Å². The number of alkyl halides is 2. The molecule has 2 amide bonds. The van der Waals surface area contributed by atoms with Gasteiger partial charge < -0.3 is 20.1 Å². The van der Waals surface area contributed by atoms with Crippen molar-refractivity contribution in [1.29, 1.82) is 0 Å². The van der Waals surface area contributed by atoms with Gasteiger partial charge in [-0.05, 0) is 18.4 Å². The van der Waals surface area contributed by atoms with Gasteiger partial charge in [-0.3, -0.25) is 9.59 Å². The molecule has 1 saturated carbocycles. The molecule has 172 valence electrons. The van der Waals surface area contributed by atoms with Crippen molar-refractivity contribution in [3.63, 3.8) is 0 Å². The lowest BCUT2D eigenvalue weighted by molar-refractivity contribution is -0.129. The lowest BCUT2D eigenvalue weighted by Crippen LogP contribution is -2.55. The number of rotatable bonds is 6. The van der Waals surface area contributed by atoms with Crippen molar-refractivity contribution in [1.82, 2.24) is 25.2 Å². The summed E-state index contributed by atoms with van der Waals surface area (Å²) in [5.41, 5.74) is 1.14. The van der Waals surface area contributed by atoms with E-state index < -0.39 is 17.9 Å². The quantitative estimate of drug-likeness (QED) is 0.666. The van der Waals surface area contributed by atoms with Gasteiger partial charge in [-0.1, -0.05) is 20.4 Å². The predicted molar refractivity (Wildman–Crippen MR) is 117 cm³/mol. The Labute approximate surface area is 185 Å². The van der Waals surface area contributed by atoms with Crippen LogP contribution in [0.2, 0.25) is 0 Å². The summed E-state index contributed by atoms with van der Waals surface area (Å²) in [4.78, 5) is 40.8. The minimum absolute atomic E-state index is 0.0148. The summed E-state index contributed by atoms with van der Waals surface area (Å²) in [6, 6.07) is -0.521. The van der Waals surface area contributed by atoms with Crippen LogP contribution in [0.5, 0.6) is 0 Å². The zero-order valence-corrected chi connectivity index (χ0v) is 18.3. The first-order valence-corrected chi connectivity index (χ1v) is 10.9. The van der Waals surface area contributed by atoms with Gasteiger partial charge in [-0.15, -0.1) is 0 Å². The molecule has 32 heavy (non-hydrogen) atoms. The number of aromatic amines is 1. The van der Waals surface area contributed by atoms with Crippen LogP contribution in [0.4, 0.5) is 14.6 Å². The summed E-state index contributed by atoms with van der Waals surface area (Å²) in [5.74, 6) is -2.20.